The predicted molar refractivity (Wildman–Crippen MR) is 86.2 cm³/mol. The second kappa shape index (κ2) is 4.32. The van der Waals surface area contributed by atoms with Gasteiger partial charge in [0, 0.05) is 16.5 Å². The molecule has 0 atom stereocenters. The summed E-state index contributed by atoms with van der Waals surface area (Å²) in [6, 6.07) is 21.7. The third-order valence-corrected chi connectivity index (χ3v) is 3.95. The first-order valence-corrected chi connectivity index (χ1v) is 6.88. The summed E-state index contributed by atoms with van der Waals surface area (Å²) in [6.07, 6.45) is 0. The maximum atomic E-state index is 12.7. The summed E-state index contributed by atoms with van der Waals surface area (Å²) in [5.41, 5.74) is 3.26. The van der Waals surface area contributed by atoms with Gasteiger partial charge < -0.3 is 0 Å². The molecule has 4 rings (SSSR count). The normalized spacial score (nSPS) is 13.8. The molecule has 21 heavy (non-hydrogen) atoms. The van der Waals surface area contributed by atoms with Gasteiger partial charge in [-0.2, -0.15) is 0 Å². The minimum absolute atomic E-state index is 0.00745. The van der Waals surface area contributed by atoms with E-state index in [1.165, 1.54) is 0 Å². The van der Waals surface area contributed by atoms with Gasteiger partial charge in [0.1, 0.15) is 0 Å². The molecule has 2 nitrogen and oxygen atoms in total. The molecule has 3 aromatic carbocycles. The number of fused-ring (bicyclic) bond motifs is 2. The predicted octanol–water partition coefficient (Wildman–Crippen LogP) is 4.47. The summed E-state index contributed by atoms with van der Waals surface area (Å²) < 4.78 is 0. The molecule has 0 aliphatic carbocycles. The van der Waals surface area contributed by atoms with Crippen molar-refractivity contribution in [3.63, 3.8) is 0 Å². The zero-order chi connectivity index (χ0) is 14.4. The van der Waals surface area contributed by atoms with E-state index in [1.807, 2.05) is 54.6 Å². The number of carbonyl (C=O) groups is 1. The number of rotatable bonds is 1. The lowest BCUT2D eigenvalue weighted by molar-refractivity contribution is 0.101. The molecule has 0 unspecified atom stereocenters. The molecular weight excluding hydrogens is 258 g/mol. The molecule has 0 fully saturated rings. The van der Waals surface area contributed by atoms with Crippen LogP contribution in [0.3, 0.4) is 0 Å². The molecular formula is C19H13NO. The standard InChI is InChI=1S/C19H13NO/c1-13-15-9-4-5-11-17(15)19(21)20(13)18-12-6-8-14-7-2-3-10-16(14)18/h2-12H,1H2. The summed E-state index contributed by atoms with van der Waals surface area (Å²) in [5.74, 6) is -0.00745. The van der Waals surface area contributed by atoms with Crippen LogP contribution in [-0.2, 0) is 0 Å². The Morgan fingerprint density at radius 2 is 1.43 bits per heavy atom. The minimum Gasteiger partial charge on any atom is -0.276 e. The van der Waals surface area contributed by atoms with Gasteiger partial charge >= 0.3 is 0 Å². The van der Waals surface area contributed by atoms with Gasteiger partial charge in [0.2, 0.25) is 0 Å². The van der Waals surface area contributed by atoms with Crippen LogP contribution >= 0.6 is 0 Å². The second-order valence-corrected chi connectivity index (χ2v) is 5.13. The molecule has 0 saturated carbocycles. The van der Waals surface area contributed by atoms with E-state index in [9.17, 15) is 4.79 Å². The molecule has 2 heteroatoms. The Bertz CT molecular complexity index is 854. The summed E-state index contributed by atoms with van der Waals surface area (Å²) in [5, 5.41) is 2.17. The Kier molecular flexibility index (Phi) is 2.45. The van der Waals surface area contributed by atoms with Crippen LogP contribution in [0.4, 0.5) is 5.69 Å². The maximum absolute atomic E-state index is 12.7. The summed E-state index contributed by atoms with van der Waals surface area (Å²) in [7, 11) is 0. The van der Waals surface area contributed by atoms with E-state index in [1.54, 1.807) is 4.90 Å². The molecule has 1 aliphatic heterocycles. The first-order chi connectivity index (χ1) is 10.3. The van der Waals surface area contributed by atoms with Crippen LogP contribution in [0.1, 0.15) is 15.9 Å². The number of benzene rings is 3. The Hall–Kier alpha value is -2.87. The Balaban J connectivity index is 1.95. The van der Waals surface area contributed by atoms with E-state index in [0.717, 1.165) is 33.3 Å². The molecule has 0 radical (unpaired) electrons. The van der Waals surface area contributed by atoms with Gasteiger partial charge in [-0.15, -0.1) is 0 Å². The average Bonchev–Trinajstić information content (AvgIpc) is 2.79. The molecule has 0 saturated heterocycles. The highest BCUT2D eigenvalue weighted by molar-refractivity contribution is 6.24. The zero-order valence-electron chi connectivity index (χ0n) is 11.4. The largest absolute Gasteiger partial charge is 0.276 e. The van der Waals surface area contributed by atoms with Crippen LogP contribution in [0.5, 0.6) is 0 Å². The number of hydrogen-bond donors (Lipinski definition) is 0. The third-order valence-electron chi connectivity index (χ3n) is 3.95. The average molecular weight is 271 g/mol. The first-order valence-electron chi connectivity index (χ1n) is 6.88. The van der Waals surface area contributed by atoms with E-state index in [-0.39, 0.29) is 5.91 Å². The third kappa shape index (κ3) is 1.62. The fraction of sp³-hybridized carbons (Fsp3) is 0. The molecule has 100 valence electrons. The Labute approximate surface area is 122 Å². The molecule has 0 aromatic heterocycles. The van der Waals surface area contributed by atoms with Crippen LogP contribution in [0, 0.1) is 0 Å². The van der Waals surface area contributed by atoms with Crippen molar-refractivity contribution in [2.24, 2.45) is 0 Å². The Morgan fingerprint density at radius 3 is 2.24 bits per heavy atom. The van der Waals surface area contributed by atoms with Gasteiger partial charge in [-0.3, -0.25) is 9.69 Å². The van der Waals surface area contributed by atoms with E-state index in [4.69, 9.17) is 0 Å². The van der Waals surface area contributed by atoms with Crippen molar-refractivity contribution in [3.8, 4) is 0 Å². The van der Waals surface area contributed by atoms with Crippen LogP contribution < -0.4 is 4.90 Å². The lowest BCUT2D eigenvalue weighted by Crippen LogP contribution is -2.22. The van der Waals surface area contributed by atoms with E-state index < -0.39 is 0 Å². The van der Waals surface area contributed by atoms with Crippen LogP contribution in [-0.4, -0.2) is 5.91 Å². The molecule has 1 heterocycles. The smallest absolute Gasteiger partial charge is 0.263 e. The van der Waals surface area contributed by atoms with Gasteiger partial charge in [-0.1, -0.05) is 61.2 Å². The van der Waals surface area contributed by atoms with Crippen molar-refractivity contribution >= 4 is 28.1 Å². The highest BCUT2D eigenvalue weighted by Crippen LogP contribution is 2.38. The number of anilines is 1. The van der Waals surface area contributed by atoms with E-state index >= 15 is 0 Å². The topological polar surface area (TPSA) is 20.3 Å². The number of nitrogens with zero attached hydrogens (tertiary/aromatic N) is 1. The molecule has 1 amide bonds. The van der Waals surface area contributed by atoms with Crippen molar-refractivity contribution < 1.29 is 4.79 Å². The van der Waals surface area contributed by atoms with Crippen molar-refractivity contribution in [1.82, 2.24) is 0 Å². The quantitative estimate of drug-likeness (QED) is 0.639. The van der Waals surface area contributed by atoms with Gasteiger partial charge in [-0.25, -0.2) is 0 Å². The van der Waals surface area contributed by atoms with Gasteiger partial charge in [0.25, 0.3) is 5.91 Å². The zero-order valence-corrected chi connectivity index (χ0v) is 11.4. The molecule has 0 N–H and O–H groups in total. The van der Waals surface area contributed by atoms with Gasteiger partial charge in [0.15, 0.2) is 0 Å². The van der Waals surface area contributed by atoms with Crippen LogP contribution in [0.25, 0.3) is 16.5 Å². The van der Waals surface area contributed by atoms with Crippen LogP contribution in [0.2, 0.25) is 0 Å². The highest BCUT2D eigenvalue weighted by Gasteiger charge is 2.32. The second-order valence-electron chi connectivity index (χ2n) is 5.13. The lowest BCUT2D eigenvalue weighted by Gasteiger charge is -2.19. The fourth-order valence-corrected chi connectivity index (χ4v) is 2.94. The molecule has 3 aromatic rings. The first kappa shape index (κ1) is 11.9. The van der Waals surface area contributed by atoms with Crippen molar-refractivity contribution in [2.75, 3.05) is 4.90 Å². The highest BCUT2D eigenvalue weighted by atomic mass is 16.2. The van der Waals surface area contributed by atoms with Gasteiger partial charge in [0.05, 0.1) is 11.4 Å². The number of carbonyl (C=O) groups excluding carboxylic acids is 1. The fourth-order valence-electron chi connectivity index (χ4n) is 2.94. The molecule has 0 bridgehead atoms. The van der Waals surface area contributed by atoms with Crippen molar-refractivity contribution in [3.05, 3.63) is 84.4 Å². The summed E-state index contributed by atoms with van der Waals surface area (Å²) >= 11 is 0. The van der Waals surface area contributed by atoms with E-state index in [0.29, 0.717) is 0 Å². The summed E-state index contributed by atoms with van der Waals surface area (Å²) in [4.78, 5) is 14.4. The van der Waals surface area contributed by atoms with Crippen molar-refractivity contribution in [1.29, 1.82) is 0 Å². The Morgan fingerprint density at radius 1 is 0.762 bits per heavy atom. The SMILES string of the molecule is C=C1c2ccccc2C(=O)N1c1cccc2ccccc12. The monoisotopic (exact) mass is 271 g/mol. The number of hydrogen-bond acceptors (Lipinski definition) is 1. The van der Waals surface area contributed by atoms with E-state index in [2.05, 4.69) is 18.7 Å². The van der Waals surface area contributed by atoms with Gasteiger partial charge in [-0.05, 0) is 17.5 Å². The van der Waals surface area contributed by atoms with Crippen molar-refractivity contribution in [2.45, 2.75) is 0 Å². The van der Waals surface area contributed by atoms with Crippen LogP contribution in [0.15, 0.2) is 73.3 Å². The molecule has 1 aliphatic rings. The number of amides is 1. The lowest BCUT2D eigenvalue weighted by atomic mass is 10.1. The summed E-state index contributed by atoms with van der Waals surface area (Å²) in [6.45, 7) is 4.12. The minimum atomic E-state index is -0.00745. The maximum Gasteiger partial charge on any atom is 0.263 e. The molecule has 0 spiro atoms.